The second-order valence-electron chi connectivity index (χ2n) is 5.61. The van der Waals surface area contributed by atoms with Gasteiger partial charge in [-0.15, -0.1) is 11.3 Å². The fourth-order valence-electron chi connectivity index (χ4n) is 2.25. The van der Waals surface area contributed by atoms with E-state index < -0.39 is 34.4 Å². The first-order valence-corrected chi connectivity index (χ1v) is 10.6. The number of benzene rings is 1. The number of thiophene rings is 1. The maximum Gasteiger partial charge on any atom is 0.339 e. The molecule has 2 rings (SSSR count). The third kappa shape index (κ3) is 5.32. The Labute approximate surface area is 176 Å². The Balaban J connectivity index is 2.24. The Morgan fingerprint density at radius 1 is 1.10 bits per heavy atom. The molecule has 0 bridgehead atoms. The zero-order chi connectivity index (χ0) is 21.8. The van der Waals surface area contributed by atoms with Crippen molar-refractivity contribution in [2.75, 3.05) is 33.1 Å². The second kappa shape index (κ2) is 9.35. The van der Waals surface area contributed by atoms with Gasteiger partial charge in [0.25, 0.3) is 10.0 Å². The molecule has 0 saturated carbocycles. The number of rotatable bonds is 7. The minimum atomic E-state index is -3.92. The maximum absolute atomic E-state index is 12.5. The Kier molecular flexibility index (Phi) is 7.36. The van der Waals surface area contributed by atoms with Crippen LogP contribution in [0.2, 0.25) is 4.34 Å². The molecule has 1 aromatic heterocycles. The number of amides is 1. The van der Waals surface area contributed by atoms with Crippen molar-refractivity contribution in [3.8, 4) is 0 Å². The summed E-state index contributed by atoms with van der Waals surface area (Å²) in [5.74, 6) is -2.15. The van der Waals surface area contributed by atoms with Gasteiger partial charge >= 0.3 is 11.9 Å². The Morgan fingerprint density at radius 2 is 1.76 bits per heavy atom. The number of nitrogens with zero attached hydrogens (tertiary/aromatic N) is 1. The van der Waals surface area contributed by atoms with Gasteiger partial charge in [0.1, 0.15) is 4.21 Å². The number of anilines is 1. The molecule has 1 N–H and O–H groups in total. The molecule has 0 spiro atoms. The van der Waals surface area contributed by atoms with Crippen molar-refractivity contribution < 1.29 is 32.3 Å². The van der Waals surface area contributed by atoms with Crippen LogP contribution in [0.4, 0.5) is 5.69 Å². The molecule has 29 heavy (non-hydrogen) atoms. The van der Waals surface area contributed by atoms with Gasteiger partial charge in [0, 0.05) is 7.05 Å². The largest absolute Gasteiger partial charge is 0.465 e. The number of nitrogens with one attached hydrogen (secondary N) is 1. The summed E-state index contributed by atoms with van der Waals surface area (Å²) in [6.07, 6.45) is 0. The molecule has 0 aliphatic heterocycles. The van der Waals surface area contributed by atoms with Gasteiger partial charge in [-0.3, -0.25) is 4.79 Å². The lowest BCUT2D eigenvalue weighted by atomic mass is 10.1. The van der Waals surface area contributed by atoms with Crippen LogP contribution in [0.1, 0.15) is 20.7 Å². The summed E-state index contributed by atoms with van der Waals surface area (Å²) < 4.78 is 35.4. The molecule has 0 aliphatic rings. The van der Waals surface area contributed by atoms with Crippen LogP contribution in [0.5, 0.6) is 0 Å². The molecule has 2 aromatic rings. The monoisotopic (exact) mass is 460 g/mol. The molecule has 9 nitrogen and oxygen atoms in total. The minimum absolute atomic E-state index is 0.0101. The first kappa shape index (κ1) is 22.8. The van der Waals surface area contributed by atoms with E-state index in [0.717, 1.165) is 22.8 Å². The number of carbonyl (C=O) groups excluding carboxylic acids is 3. The number of sulfonamides is 1. The predicted octanol–water partition coefficient (Wildman–Crippen LogP) is 2.23. The van der Waals surface area contributed by atoms with Gasteiger partial charge < -0.3 is 14.8 Å². The zero-order valence-corrected chi connectivity index (χ0v) is 18.0. The lowest BCUT2D eigenvalue weighted by molar-refractivity contribution is -0.116. The van der Waals surface area contributed by atoms with E-state index in [2.05, 4.69) is 14.8 Å². The highest BCUT2D eigenvalue weighted by Crippen LogP contribution is 2.27. The number of likely N-dealkylation sites (N-methyl/N-ethyl adjacent to an activating group) is 1. The van der Waals surface area contributed by atoms with Crippen LogP contribution in [0.15, 0.2) is 34.5 Å². The summed E-state index contributed by atoms with van der Waals surface area (Å²) in [4.78, 5) is 36.1. The molecule has 1 heterocycles. The molecule has 156 valence electrons. The van der Waals surface area contributed by atoms with Crippen LogP contribution in [0.3, 0.4) is 0 Å². The van der Waals surface area contributed by atoms with E-state index >= 15 is 0 Å². The molecular weight excluding hydrogens is 444 g/mol. The van der Waals surface area contributed by atoms with E-state index in [1.165, 1.54) is 44.5 Å². The normalized spacial score (nSPS) is 11.2. The van der Waals surface area contributed by atoms with Gasteiger partial charge in [-0.2, -0.15) is 4.31 Å². The van der Waals surface area contributed by atoms with Crippen molar-refractivity contribution in [3.63, 3.8) is 0 Å². The van der Waals surface area contributed by atoms with Crippen molar-refractivity contribution in [1.82, 2.24) is 4.31 Å². The van der Waals surface area contributed by atoms with Crippen LogP contribution in [-0.2, 0) is 24.3 Å². The van der Waals surface area contributed by atoms with Gasteiger partial charge in [0.15, 0.2) is 0 Å². The van der Waals surface area contributed by atoms with Crippen molar-refractivity contribution in [3.05, 3.63) is 45.8 Å². The fourth-order valence-corrected chi connectivity index (χ4v) is 5.07. The van der Waals surface area contributed by atoms with Crippen molar-refractivity contribution in [1.29, 1.82) is 0 Å². The number of ether oxygens (including phenoxy) is 2. The summed E-state index contributed by atoms with van der Waals surface area (Å²) in [6.45, 7) is -0.541. The van der Waals surface area contributed by atoms with Crippen LogP contribution in [0.25, 0.3) is 0 Å². The maximum atomic E-state index is 12.5. The number of hydrogen-bond acceptors (Lipinski definition) is 8. The first-order chi connectivity index (χ1) is 13.6. The van der Waals surface area contributed by atoms with Gasteiger partial charge in [0.05, 0.1) is 41.9 Å². The lowest BCUT2D eigenvalue weighted by Gasteiger charge is -2.17. The second-order valence-corrected chi connectivity index (χ2v) is 9.60. The van der Waals surface area contributed by atoms with Crippen molar-refractivity contribution >= 4 is 56.5 Å². The van der Waals surface area contributed by atoms with Crippen LogP contribution < -0.4 is 5.32 Å². The topological polar surface area (TPSA) is 119 Å². The molecule has 0 saturated heterocycles. The summed E-state index contributed by atoms with van der Waals surface area (Å²) in [5, 5.41) is 2.43. The Hall–Kier alpha value is -2.47. The number of hydrogen-bond donors (Lipinski definition) is 1. The summed E-state index contributed by atoms with van der Waals surface area (Å²) in [7, 11) is -0.343. The SMILES string of the molecule is COC(=O)c1ccc(C(=O)OC)c(NC(=O)CN(C)S(=O)(=O)c2ccc(Cl)s2)c1. The van der Waals surface area contributed by atoms with Crippen LogP contribution in [-0.4, -0.2) is 58.4 Å². The van der Waals surface area contributed by atoms with E-state index in [0.29, 0.717) is 4.34 Å². The Morgan fingerprint density at radius 3 is 2.31 bits per heavy atom. The molecule has 12 heteroatoms. The van der Waals surface area contributed by atoms with E-state index in [1.54, 1.807) is 0 Å². The third-order valence-electron chi connectivity index (χ3n) is 3.70. The van der Waals surface area contributed by atoms with Gasteiger partial charge in [-0.1, -0.05) is 11.6 Å². The molecule has 1 amide bonds. The van der Waals surface area contributed by atoms with E-state index in [-0.39, 0.29) is 21.0 Å². The van der Waals surface area contributed by atoms with Gasteiger partial charge in [-0.25, -0.2) is 18.0 Å². The highest BCUT2D eigenvalue weighted by Gasteiger charge is 2.25. The summed E-state index contributed by atoms with van der Waals surface area (Å²) in [5.41, 5.74) is 0.0587. The summed E-state index contributed by atoms with van der Waals surface area (Å²) >= 11 is 6.63. The standard InChI is InChI=1S/C17H17ClN2O7S2/c1-20(29(24,25)15-7-6-13(18)28-15)9-14(21)19-12-8-10(16(22)26-2)4-5-11(12)17(23)27-3/h4-8H,9H2,1-3H3,(H,19,21). The number of esters is 2. The number of methoxy groups -OCH3 is 2. The van der Waals surface area contributed by atoms with Crippen molar-refractivity contribution in [2.45, 2.75) is 4.21 Å². The highest BCUT2D eigenvalue weighted by atomic mass is 35.5. The molecular formula is C17H17ClN2O7S2. The van der Waals surface area contributed by atoms with Crippen LogP contribution in [0, 0.1) is 0 Å². The highest BCUT2D eigenvalue weighted by molar-refractivity contribution is 7.91. The Bertz CT molecular complexity index is 1050. The smallest absolute Gasteiger partial charge is 0.339 e. The van der Waals surface area contributed by atoms with Gasteiger partial charge in [0.2, 0.25) is 5.91 Å². The molecule has 0 fully saturated rings. The summed E-state index contributed by atoms with van der Waals surface area (Å²) in [6, 6.07) is 6.65. The molecule has 1 aromatic carbocycles. The average molecular weight is 461 g/mol. The van der Waals surface area contributed by atoms with Crippen LogP contribution >= 0.6 is 22.9 Å². The average Bonchev–Trinajstić information content (AvgIpc) is 3.13. The predicted molar refractivity (Wildman–Crippen MR) is 107 cm³/mol. The number of halogens is 1. The molecule has 0 unspecified atom stereocenters. The fraction of sp³-hybridized carbons (Fsp3) is 0.235. The third-order valence-corrected chi connectivity index (χ3v) is 7.20. The number of carbonyl (C=O) groups is 3. The van der Waals surface area contributed by atoms with Gasteiger partial charge in [-0.05, 0) is 30.3 Å². The van der Waals surface area contributed by atoms with E-state index in [9.17, 15) is 22.8 Å². The molecule has 0 radical (unpaired) electrons. The molecule has 0 atom stereocenters. The van der Waals surface area contributed by atoms with E-state index in [1.807, 2.05) is 0 Å². The molecule has 0 aliphatic carbocycles. The zero-order valence-electron chi connectivity index (χ0n) is 15.6. The minimum Gasteiger partial charge on any atom is -0.465 e. The first-order valence-electron chi connectivity index (χ1n) is 7.92. The van der Waals surface area contributed by atoms with E-state index in [4.69, 9.17) is 11.6 Å². The van der Waals surface area contributed by atoms with Crippen molar-refractivity contribution in [2.24, 2.45) is 0 Å². The lowest BCUT2D eigenvalue weighted by Crippen LogP contribution is -2.35. The quantitative estimate of drug-likeness (QED) is 0.629.